The summed E-state index contributed by atoms with van der Waals surface area (Å²) in [6.07, 6.45) is 8.52. The van der Waals surface area contributed by atoms with Gasteiger partial charge in [-0.3, -0.25) is 14.0 Å². The number of nitrogens with two attached hydrogens (primary N) is 1. The first-order valence-corrected chi connectivity index (χ1v) is 11.6. The third-order valence-electron chi connectivity index (χ3n) is 7.93. The summed E-state index contributed by atoms with van der Waals surface area (Å²) >= 11 is 0. The Hall–Kier alpha value is -2.41. The molecule has 0 atom stereocenters. The molecule has 4 aliphatic carbocycles. The number of fused-ring (bicyclic) bond motifs is 1. The fourth-order valence-electron chi connectivity index (χ4n) is 7.10. The van der Waals surface area contributed by atoms with E-state index in [1.807, 2.05) is 30.5 Å². The summed E-state index contributed by atoms with van der Waals surface area (Å²) in [4.78, 5) is 30.0. The highest BCUT2D eigenvalue weighted by Crippen LogP contribution is 2.59. The van der Waals surface area contributed by atoms with Gasteiger partial charge in [-0.1, -0.05) is 6.07 Å². The summed E-state index contributed by atoms with van der Waals surface area (Å²) in [5.41, 5.74) is 8.84. The minimum Gasteiger partial charge on any atom is -0.364 e. The van der Waals surface area contributed by atoms with E-state index in [0.717, 1.165) is 29.9 Å². The summed E-state index contributed by atoms with van der Waals surface area (Å²) in [5.74, 6) is 1.92. The second kappa shape index (κ2) is 7.62. The zero-order valence-corrected chi connectivity index (χ0v) is 18.5. The molecule has 6 rings (SSSR count). The zero-order valence-electron chi connectivity index (χ0n) is 18.5. The van der Waals surface area contributed by atoms with Gasteiger partial charge in [0.2, 0.25) is 0 Å². The number of pyridine rings is 1. The molecule has 7 heteroatoms. The molecule has 0 saturated heterocycles. The molecule has 4 saturated carbocycles. The van der Waals surface area contributed by atoms with E-state index >= 15 is 0 Å². The molecule has 7 nitrogen and oxygen atoms in total. The highest BCUT2D eigenvalue weighted by atomic mass is 16.2. The molecule has 2 amide bonds. The van der Waals surface area contributed by atoms with Crippen LogP contribution in [0.1, 0.15) is 70.8 Å². The number of hydrogen-bond donors (Lipinski definition) is 3. The van der Waals surface area contributed by atoms with Crippen LogP contribution >= 0.6 is 0 Å². The maximum Gasteiger partial charge on any atom is 0.269 e. The Morgan fingerprint density at radius 2 is 1.81 bits per heavy atom. The number of amides is 2. The predicted molar refractivity (Wildman–Crippen MR) is 119 cm³/mol. The maximum absolute atomic E-state index is 13.5. The molecule has 166 valence electrons. The second-order valence-electron chi connectivity index (χ2n) is 10.3. The quantitative estimate of drug-likeness (QED) is 0.637. The Morgan fingerprint density at radius 1 is 1.16 bits per heavy atom. The number of rotatable bonds is 7. The van der Waals surface area contributed by atoms with Gasteiger partial charge in [0.15, 0.2) is 0 Å². The number of imidazole rings is 1. The van der Waals surface area contributed by atoms with Crippen molar-refractivity contribution < 1.29 is 9.59 Å². The monoisotopic (exact) mass is 423 g/mol. The van der Waals surface area contributed by atoms with E-state index in [4.69, 9.17) is 5.73 Å². The molecular weight excluding hydrogens is 390 g/mol. The first-order valence-electron chi connectivity index (χ1n) is 11.6. The molecule has 0 unspecified atom stereocenters. The van der Waals surface area contributed by atoms with Gasteiger partial charge in [0, 0.05) is 19.5 Å². The van der Waals surface area contributed by atoms with Crippen LogP contribution in [0.15, 0.2) is 12.1 Å². The first kappa shape index (κ1) is 20.5. The van der Waals surface area contributed by atoms with E-state index in [1.54, 1.807) is 0 Å². The minimum atomic E-state index is -0.563. The smallest absolute Gasteiger partial charge is 0.269 e. The van der Waals surface area contributed by atoms with Gasteiger partial charge in [0.25, 0.3) is 11.8 Å². The van der Waals surface area contributed by atoms with Crippen molar-refractivity contribution in [3.8, 4) is 0 Å². The highest BCUT2D eigenvalue weighted by Gasteiger charge is 2.50. The van der Waals surface area contributed by atoms with E-state index in [2.05, 4.69) is 15.6 Å². The van der Waals surface area contributed by atoms with Crippen LogP contribution in [-0.4, -0.2) is 41.3 Å². The number of carbonyl (C=O) groups excluding carboxylic acids is 2. The summed E-state index contributed by atoms with van der Waals surface area (Å²) in [6, 6.07) is 3.75. The average molecular weight is 424 g/mol. The number of carbonyl (C=O) groups is 2. The molecule has 4 aliphatic rings. The minimum absolute atomic E-state index is 0.0852. The average Bonchev–Trinajstić information content (AvgIpc) is 3.08. The molecule has 4 fully saturated rings. The van der Waals surface area contributed by atoms with Crippen LogP contribution in [0.5, 0.6) is 0 Å². The number of aryl methyl sites for hydroxylation is 1. The lowest BCUT2D eigenvalue weighted by Gasteiger charge is -2.56. The maximum atomic E-state index is 13.5. The second-order valence-corrected chi connectivity index (χ2v) is 10.3. The van der Waals surface area contributed by atoms with Crippen LogP contribution in [0.2, 0.25) is 0 Å². The summed E-state index contributed by atoms with van der Waals surface area (Å²) in [5, 5.41) is 6.40. The molecule has 0 radical (unpaired) electrons. The Labute approximate surface area is 183 Å². The van der Waals surface area contributed by atoms with E-state index in [-0.39, 0.29) is 17.0 Å². The van der Waals surface area contributed by atoms with Crippen molar-refractivity contribution in [1.82, 2.24) is 20.0 Å². The SMILES string of the molecule is CNCCc1c(C(N)=O)nc2ccc(C)c(C(=O)NCC34CC5CC(CC(C5)C3)C4)n12. The van der Waals surface area contributed by atoms with Crippen molar-refractivity contribution in [3.63, 3.8) is 0 Å². The van der Waals surface area contributed by atoms with Crippen molar-refractivity contribution in [3.05, 3.63) is 34.8 Å². The summed E-state index contributed by atoms with van der Waals surface area (Å²) in [7, 11) is 1.86. The molecule has 4 bridgehead atoms. The third kappa shape index (κ3) is 3.53. The van der Waals surface area contributed by atoms with Crippen LogP contribution in [0, 0.1) is 30.1 Å². The van der Waals surface area contributed by atoms with E-state index < -0.39 is 5.91 Å². The van der Waals surface area contributed by atoms with Gasteiger partial charge in [-0.15, -0.1) is 0 Å². The first-order chi connectivity index (χ1) is 14.9. The van der Waals surface area contributed by atoms with E-state index in [9.17, 15) is 9.59 Å². The molecule has 2 heterocycles. The fraction of sp³-hybridized carbons (Fsp3) is 0.625. The molecule has 2 aromatic heterocycles. The van der Waals surface area contributed by atoms with E-state index in [1.165, 1.54) is 38.5 Å². The molecule has 31 heavy (non-hydrogen) atoms. The van der Waals surface area contributed by atoms with Gasteiger partial charge >= 0.3 is 0 Å². The summed E-state index contributed by atoms with van der Waals surface area (Å²) in [6.45, 7) is 3.34. The van der Waals surface area contributed by atoms with Crippen molar-refractivity contribution in [2.75, 3.05) is 20.1 Å². The van der Waals surface area contributed by atoms with Crippen LogP contribution in [-0.2, 0) is 6.42 Å². The van der Waals surface area contributed by atoms with Crippen molar-refractivity contribution in [2.45, 2.75) is 51.9 Å². The Balaban J connectivity index is 1.45. The zero-order chi connectivity index (χ0) is 21.8. The van der Waals surface area contributed by atoms with Gasteiger partial charge < -0.3 is 16.4 Å². The number of nitrogens with zero attached hydrogens (tertiary/aromatic N) is 2. The molecule has 4 N–H and O–H groups in total. The van der Waals surface area contributed by atoms with Gasteiger partial charge in [-0.05, 0) is 87.3 Å². The number of hydrogen-bond acceptors (Lipinski definition) is 4. The van der Waals surface area contributed by atoms with Gasteiger partial charge in [0.05, 0.1) is 5.69 Å². The van der Waals surface area contributed by atoms with Gasteiger partial charge in [-0.2, -0.15) is 0 Å². The Kier molecular flexibility index (Phi) is 5.04. The van der Waals surface area contributed by atoms with Crippen molar-refractivity contribution in [1.29, 1.82) is 0 Å². The molecule has 0 aromatic carbocycles. The highest BCUT2D eigenvalue weighted by molar-refractivity contribution is 5.97. The number of likely N-dealkylation sites (N-methyl/N-ethyl adjacent to an activating group) is 1. The largest absolute Gasteiger partial charge is 0.364 e. The predicted octanol–water partition coefficient (Wildman–Crippen LogP) is 2.45. The van der Waals surface area contributed by atoms with Gasteiger partial charge in [0.1, 0.15) is 17.0 Å². The Morgan fingerprint density at radius 3 is 2.39 bits per heavy atom. The topological polar surface area (TPSA) is 102 Å². The fourth-order valence-corrected chi connectivity index (χ4v) is 7.10. The van der Waals surface area contributed by atoms with Gasteiger partial charge in [-0.25, -0.2) is 4.98 Å². The number of primary amides is 1. The Bertz CT molecular complexity index is 1000. The molecule has 0 spiro atoms. The van der Waals surface area contributed by atoms with Crippen LogP contribution in [0.3, 0.4) is 0 Å². The van der Waals surface area contributed by atoms with E-state index in [0.29, 0.717) is 30.0 Å². The normalized spacial score (nSPS) is 28.9. The lowest BCUT2D eigenvalue weighted by molar-refractivity contribution is -0.0503. The van der Waals surface area contributed by atoms with Crippen molar-refractivity contribution in [2.24, 2.45) is 28.9 Å². The number of aromatic nitrogens is 2. The lowest BCUT2D eigenvalue weighted by Crippen LogP contribution is -2.51. The number of nitrogens with one attached hydrogen (secondary N) is 2. The molecule has 2 aromatic rings. The van der Waals surface area contributed by atoms with Crippen molar-refractivity contribution >= 4 is 17.5 Å². The standard InChI is InChI=1S/C24H33N5O2/c1-14-3-4-19-28-20(22(25)30)18(5-6-26-2)29(19)21(14)23(31)27-13-24-10-15-7-16(11-24)9-17(8-15)12-24/h3-4,15-17,26H,5-13H2,1-2H3,(H2,25,30)(H,27,31). The van der Waals surface area contributed by atoms with Crippen LogP contribution in [0.25, 0.3) is 5.65 Å². The molecular formula is C24H33N5O2. The summed E-state index contributed by atoms with van der Waals surface area (Å²) < 4.78 is 1.84. The van der Waals surface area contributed by atoms with Crippen LogP contribution in [0.4, 0.5) is 0 Å². The molecule has 0 aliphatic heterocycles. The van der Waals surface area contributed by atoms with Crippen LogP contribution < -0.4 is 16.4 Å². The third-order valence-corrected chi connectivity index (χ3v) is 7.93. The lowest BCUT2D eigenvalue weighted by atomic mass is 9.49.